The van der Waals surface area contributed by atoms with Gasteiger partial charge in [-0.05, 0) is 37.0 Å². The van der Waals surface area contributed by atoms with Crippen LogP contribution in [-0.2, 0) is 4.79 Å². The van der Waals surface area contributed by atoms with Gasteiger partial charge in [0.2, 0.25) is 22.4 Å². The number of rotatable bonds is 5. The van der Waals surface area contributed by atoms with Crippen LogP contribution < -0.4 is 10.6 Å². The predicted octanol–water partition coefficient (Wildman–Crippen LogP) is 1.50. The summed E-state index contributed by atoms with van der Waals surface area (Å²) < 4.78 is 0. The summed E-state index contributed by atoms with van der Waals surface area (Å²) in [5.74, 6) is 0.214. The van der Waals surface area contributed by atoms with Crippen molar-refractivity contribution < 1.29 is 4.79 Å². The van der Waals surface area contributed by atoms with Gasteiger partial charge >= 0.3 is 0 Å². The number of hydrogen-bond acceptors (Lipinski definition) is 5. The fraction of sp³-hybridized carbons (Fsp3) is 0.556. The van der Waals surface area contributed by atoms with Gasteiger partial charge in [0.15, 0.2) is 0 Å². The number of nitrogens with zero attached hydrogens (tertiary/aromatic N) is 3. The summed E-state index contributed by atoms with van der Waals surface area (Å²) in [5.41, 5.74) is 0. The third kappa shape index (κ3) is 5.65. The van der Waals surface area contributed by atoms with Crippen LogP contribution in [0.15, 0.2) is 0 Å². The van der Waals surface area contributed by atoms with Crippen molar-refractivity contribution in [3.63, 3.8) is 0 Å². The molecule has 0 saturated heterocycles. The third-order valence-electron chi connectivity index (χ3n) is 1.67. The molecule has 0 atom stereocenters. The van der Waals surface area contributed by atoms with Crippen molar-refractivity contribution in [2.75, 3.05) is 11.9 Å². The fourth-order valence-corrected chi connectivity index (χ4v) is 1.45. The van der Waals surface area contributed by atoms with Crippen LogP contribution in [-0.4, -0.2) is 33.4 Å². The molecule has 0 spiro atoms. The smallest absolute Gasteiger partial charge is 0.228 e. The SMILES string of the molecule is CC(C)NC(=O)CCNc1nc(Cl)nc(Cl)n1. The van der Waals surface area contributed by atoms with Crippen LogP contribution in [0.3, 0.4) is 0 Å². The number of amides is 1. The molecule has 2 N–H and O–H groups in total. The zero-order valence-electron chi connectivity index (χ0n) is 9.50. The van der Waals surface area contributed by atoms with Gasteiger partial charge in [-0.3, -0.25) is 4.79 Å². The van der Waals surface area contributed by atoms with Crippen molar-refractivity contribution in [3.05, 3.63) is 10.6 Å². The molecule has 8 heteroatoms. The van der Waals surface area contributed by atoms with E-state index in [-0.39, 0.29) is 28.5 Å². The first kappa shape index (κ1) is 13.9. The lowest BCUT2D eigenvalue weighted by molar-refractivity contribution is -0.121. The first-order valence-electron chi connectivity index (χ1n) is 5.07. The van der Waals surface area contributed by atoms with Gasteiger partial charge in [0.05, 0.1) is 0 Å². The first-order chi connectivity index (χ1) is 7.97. The summed E-state index contributed by atoms with van der Waals surface area (Å²) in [7, 11) is 0. The van der Waals surface area contributed by atoms with Crippen molar-refractivity contribution in [3.8, 4) is 0 Å². The maximum Gasteiger partial charge on any atom is 0.228 e. The normalized spacial score (nSPS) is 10.4. The van der Waals surface area contributed by atoms with E-state index >= 15 is 0 Å². The van der Waals surface area contributed by atoms with Gasteiger partial charge in [0, 0.05) is 19.0 Å². The Balaban J connectivity index is 2.38. The molecule has 1 aromatic rings. The van der Waals surface area contributed by atoms with Gasteiger partial charge in [-0.2, -0.15) is 15.0 Å². The number of hydrogen-bond donors (Lipinski definition) is 2. The Hall–Kier alpha value is -1.14. The molecule has 0 saturated carbocycles. The van der Waals surface area contributed by atoms with Crippen LogP contribution in [0.1, 0.15) is 20.3 Å². The van der Waals surface area contributed by atoms with Gasteiger partial charge in [0.1, 0.15) is 0 Å². The fourth-order valence-electron chi connectivity index (χ4n) is 1.09. The molecule has 17 heavy (non-hydrogen) atoms. The molecule has 1 heterocycles. The maximum atomic E-state index is 11.3. The molecule has 1 amide bonds. The number of carbonyl (C=O) groups excluding carboxylic acids is 1. The second kappa shape index (κ2) is 6.56. The van der Waals surface area contributed by atoms with Crippen molar-refractivity contribution >= 4 is 35.1 Å². The van der Waals surface area contributed by atoms with Crippen molar-refractivity contribution in [2.45, 2.75) is 26.3 Å². The number of aromatic nitrogens is 3. The molecule has 0 unspecified atom stereocenters. The van der Waals surface area contributed by atoms with Crippen LogP contribution in [0.25, 0.3) is 0 Å². The summed E-state index contributed by atoms with van der Waals surface area (Å²) in [6.45, 7) is 4.20. The van der Waals surface area contributed by atoms with E-state index in [2.05, 4.69) is 25.6 Å². The first-order valence-corrected chi connectivity index (χ1v) is 5.83. The number of anilines is 1. The molecule has 1 rings (SSSR count). The lowest BCUT2D eigenvalue weighted by Gasteiger charge is -2.08. The molecule has 0 radical (unpaired) electrons. The van der Waals surface area contributed by atoms with Gasteiger partial charge in [-0.15, -0.1) is 0 Å². The second-order valence-electron chi connectivity index (χ2n) is 3.60. The van der Waals surface area contributed by atoms with Crippen LogP contribution in [0, 0.1) is 0 Å². The van der Waals surface area contributed by atoms with Gasteiger partial charge in [-0.1, -0.05) is 0 Å². The minimum Gasteiger partial charge on any atom is -0.354 e. The van der Waals surface area contributed by atoms with E-state index in [0.717, 1.165) is 0 Å². The number of halogens is 2. The summed E-state index contributed by atoms with van der Waals surface area (Å²) in [5, 5.41) is 5.63. The van der Waals surface area contributed by atoms with Crippen molar-refractivity contribution in [2.24, 2.45) is 0 Å². The highest BCUT2D eigenvalue weighted by molar-refractivity contribution is 6.31. The van der Waals surface area contributed by atoms with Crippen LogP contribution >= 0.6 is 23.2 Å². The minimum atomic E-state index is -0.0428. The molecule has 1 aromatic heterocycles. The maximum absolute atomic E-state index is 11.3. The van der Waals surface area contributed by atoms with E-state index in [1.807, 2.05) is 13.8 Å². The van der Waals surface area contributed by atoms with E-state index in [1.54, 1.807) is 0 Å². The van der Waals surface area contributed by atoms with E-state index in [0.29, 0.717) is 13.0 Å². The lowest BCUT2D eigenvalue weighted by Crippen LogP contribution is -2.31. The minimum absolute atomic E-state index is 0.0131. The highest BCUT2D eigenvalue weighted by Crippen LogP contribution is 2.09. The average Bonchev–Trinajstić information content (AvgIpc) is 2.14. The molecule has 0 bridgehead atoms. The average molecular weight is 278 g/mol. The zero-order chi connectivity index (χ0) is 12.8. The number of carbonyl (C=O) groups is 1. The van der Waals surface area contributed by atoms with Gasteiger partial charge in [-0.25, -0.2) is 0 Å². The largest absolute Gasteiger partial charge is 0.354 e. The summed E-state index contributed by atoms with van der Waals surface area (Å²) in [6, 6.07) is 0.128. The highest BCUT2D eigenvalue weighted by atomic mass is 35.5. The van der Waals surface area contributed by atoms with Crippen LogP contribution in [0.4, 0.5) is 5.95 Å². The van der Waals surface area contributed by atoms with Crippen molar-refractivity contribution in [1.82, 2.24) is 20.3 Å². The number of nitrogens with one attached hydrogen (secondary N) is 2. The highest BCUT2D eigenvalue weighted by Gasteiger charge is 2.05. The van der Waals surface area contributed by atoms with Crippen molar-refractivity contribution in [1.29, 1.82) is 0 Å². The molecule has 0 aliphatic heterocycles. The topological polar surface area (TPSA) is 79.8 Å². The molecule has 6 nitrogen and oxygen atoms in total. The Labute approximate surface area is 109 Å². The van der Waals surface area contributed by atoms with E-state index in [9.17, 15) is 4.79 Å². The Morgan fingerprint density at radius 3 is 2.35 bits per heavy atom. The molecule has 0 aliphatic carbocycles. The predicted molar refractivity (Wildman–Crippen MR) is 66.2 cm³/mol. The molecule has 0 aliphatic rings. The summed E-state index contributed by atoms with van der Waals surface area (Å²) in [6.07, 6.45) is 0.319. The van der Waals surface area contributed by atoms with Crippen LogP contribution in [0.2, 0.25) is 10.6 Å². The summed E-state index contributed by atoms with van der Waals surface area (Å²) in [4.78, 5) is 22.5. The van der Waals surface area contributed by atoms with E-state index < -0.39 is 0 Å². The Kier molecular flexibility index (Phi) is 5.37. The van der Waals surface area contributed by atoms with E-state index in [1.165, 1.54) is 0 Å². The molecular weight excluding hydrogens is 265 g/mol. The third-order valence-corrected chi connectivity index (χ3v) is 2.00. The molecule has 0 fully saturated rings. The standard InChI is InChI=1S/C9H13Cl2N5O/c1-5(2)13-6(17)3-4-12-9-15-7(10)14-8(11)16-9/h5H,3-4H2,1-2H3,(H,13,17)(H,12,14,15,16). The van der Waals surface area contributed by atoms with Gasteiger partial charge < -0.3 is 10.6 Å². The Morgan fingerprint density at radius 2 is 1.82 bits per heavy atom. The van der Waals surface area contributed by atoms with Gasteiger partial charge in [0.25, 0.3) is 0 Å². The Morgan fingerprint density at radius 1 is 1.24 bits per heavy atom. The molecular formula is C9H13Cl2N5O. The summed E-state index contributed by atoms with van der Waals surface area (Å²) >= 11 is 11.2. The molecule has 0 aromatic carbocycles. The quantitative estimate of drug-likeness (QED) is 0.853. The monoisotopic (exact) mass is 277 g/mol. The zero-order valence-corrected chi connectivity index (χ0v) is 11.0. The van der Waals surface area contributed by atoms with E-state index in [4.69, 9.17) is 23.2 Å². The second-order valence-corrected chi connectivity index (χ2v) is 4.27. The lowest BCUT2D eigenvalue weighted by atomic mass is 10.3. The van der Waals surface area contributed by atoms with Crippen LogP contribution in [0.5, 0.6) is 0 Å². The Bertz CT molecular complexity index is 379. The molecule has 94 valence electrons.